The fraction of sp³-hybridized carbons (Fsp3) is 0.632. The molecule has 124 valence electrons. The highest BCUT2D eigenvalue weighted by molar-refractivity contribution is 14.1. The Bertz CT molecular complexity index is 638. The third-order valence-corrected chi connectivity index (χ3v) is 7.09. The van der Waals surface area contributed by atoms with Crippen LogP contribution >= 0.6 is 22.6 Å². The fourth-order valence-electron chi connectivity index (χ4n) is 6.58. The van der Waals surface area contributed by atoms with E-state index in [0.29, 0.717) is 16.8 Å². The first kappa shape index (κ1) is 15.7. The lowest BCUT2D eigenvalue weighted by Crippen LogP contribution is -2.65. The number of nitrogens with one attached hydrogen (secondary N) is 3. The summed E-state index contributed by atoms with van der Waals surface area (Å²) in [5.74, 6) is 1.31. The van der Waals surface area contributed by atoms with E-state index in [-0.39, 0.29) is 5.54 Å². The number of hydrogen-bond donors (Lipinski definition) is 3. The number of hydrogen-bond acceptors (Lipinski definition) is 1. The molecule has 0 saturated heterocycles. The number of anilines is 1. The Morgan fingerprint density at radius 2 is 1.74 bits per heavy atom. The van der Waals surface area contributed by atoms with Gasteiger partial charge in [-0.25, -0.2) is 0 Å². The second-order valence-electron chi connectivity index (χ2n) is 9.02. The molecule has 1 aromatic rings. The Balaban J connectivity index is 1.52. The molecule has 0 aliphatic heterocycles. The summed E-state index contributed by atoms with van der Waals surface area (Å²) in [6.45, 7) is 4.95. The van der Waals surface area contributed by atoms with Gasteiger partial charge in [-0.15, -0.1) is 0 Å². The SMILES string of the molecule is CC12CC3CC(C)(C1)CC(NC(=N)Nc1ccccc1I)(C3)C2. The molecule has 0 aromatic heterocycles. The molecule has 1 aromatic carbocycles. The first-order chi connectivity index (χ1) is 10.8. The standard InChI is InChI=1S/C19H26IN3/c1-17-7-13-8-18(2,10-17)12-19(9-13,11-17)23-16(21)22-15-6-4-3-5-14(15)20/h3-6,13H,7-12H2,1-2H3,(H3,21,22,23). The van der Waals surface area contributed by atoms with Crippen LogP contribution in [0, 0.1) is 25.7 Å². The predicted octanol–water partition coefficient (Wildman–Crippen LogP) is 4.98. The highest BCUT2D eigenvalue weighted by Crippen LogP contribution is 2.66. The van der Waals surface area contributed by atoms with Gasteiger partial charge >= 0.3 is 0 Å². The molecule has 0 heterocycles. The van der Waals surface area contributed by atoms with E-state index in [1.54, 1.807) is 0 Å². The van der Waals surface area contributed by atoms with Crippen molar-refractivity contribution in [2.45, 2.75) is 57.9 Å². The zero-order valence-corrected chi connectivity index (χ0v) is 16.2. The van der Waals surface area contributed by atoms with Gasteiger partial charge in [-0.2, -0.15) is 0 Å². The Labute approximate surface area is 152 Å². The second kappa shape index (κ2) is 5.11. The van der Waals surface area contributed by atoms with E-state index in [9.17, 15) is 0 Å². The summed E-state index contributed by atoms with van der Waals surface area (Å²) in [6.07, 6.45) is 7.85. The van der Waals surface area contributed by atoms with Gasteiger partial charge in [-0.3, -0.25) is 5.41 Å². The number of benzene rings is 1. The van der Waals surface area contributed by atoms with E-state index in [2.05, 4.69) is 53.1 Å². The smallest absolute Gasteiger partial charge is 0.193 e. The minimum absolute atomic E-state index is 0.132. The van der Waals surface area contributed by atoms with Gasteiger partial charge in [-0.1, -0.05) is 26.0 Å². The minimum Gasteiger partial charge on any atom is -0.351 e. The van der Waals surface area contributed by atoms with Crippen molar-refractivity contribution >= 4 is 34.2 Å². The predicted molar refractivity (Wildman–Crippen MR) is 104 cm³/mol. The van der Waals surface area contributed by atoms with E-state index < -0.39 is 0 Å². The zero-order valence-electron chi connectivity index (χ0n) is 14.0. The molecule has 2 unspecified atom stereocenters. The van der Waals surface area contributed by atoms with Crippen LogP contribution < -0.4 is 10.6 Å². The molecule has 0 radical (unpaired) electrons. The lowest BCUT2D eigenvalue weighted by atomic mass is 9.43. The molecule has 3 N–H and O–H groups in total. The van der Waals surface area contributed by atoms with Gasteiger partial charge in [0.05, 0.1) is 5.69 Å². The molecule has 23 heavy (non-hydrogen) atoms. The van der Waals surface area contributed by atoms with Crippen LogP contribution in [0.5, 0.6) is 0 Å². The maximum atomic E-state index is 8.46. The number of para-hydroxylation sites is 1. The van der Waals surface area contributed by atoms with Gasteiger partial charge < -0.3 is 10.6 Å². The van der Waals surface area contributed by atoms with Crippen molar-refractivity contribution in [2.75, 3.05) is 5.32 Å². The third-order valence-electron chi connectivity index (χ3n) is 6.15. The molecular formula is C19H26IN3. The maximum Gasteiger partial charge on any atom is 0.193 e. The van der Waals surface area contributed by atoms with Gasteiger partial charge in [-0.05, 0) is 90.0 Å². The van der Waals surface area contributed by atoms with Crippen LogP contribution in [0.1, 0.15) is 52.4 Å². The van der Waals surface area contributed by atoms with Crippen molar-refractivity contribution in [2.24, 2.45) is 16.7 Å². The summed E-state index contributed by atoms with van der Waals surface area (Å²) in [5.41, 5.74) is 2.10. The number of guanidine groups is 1. The lowest BCUT2D eigenvalue weighted by Gasteiger charge is -2.65. The van der Waals surface area contributed by atoms with Crippen LogP contribution in [0.15, 0.2) is 24.3 Å². The van der Waals surface area contributed by atoms with Gasteiger partial charge in [0, 0.05) is 9.11 Å². The summed E-state index contributed by atoms with van der Waals surface area (Å²) in [5, 5.41) is 15.4. The van der Waals surface area contributed by atoms with Crippen molar-refractivity contribution in [1.82, 2.24) is 5.32 Å². The van der Waals surface area contributed by atoms with Gasteiger partial charge in [0.15, 0.2) is 5.96 Å². The van der Waals surface area contributed by atoms with Gasteiger partial charge in [0.1, 0.15) is 0 Å². The van der Waals surface area contributed by atoms with Crippen molar-refractivity contribution < 1.29 is 0 Å². The monoisotopic (exact) mass is 423 g/mol. The number of halogens is 1. The summed E-state index contributed by atoms with van der Waals surface area (Å²) in [4.78, 5) is 0. The Hall–Kier alpha value is -0.780. The maximum absolute atomic E-state index is 8.46. The van der Waals surface area contributed by atoms with Crippen molar-refractivity contribution in [3.8, 4) is 0 Å². The van der Waals surface area contributed by atoms with Crippen molar-refractivity contribution in [1.29, 1.82) is 5.41 Å². The molecule has 4 fully saturated rings. The van der Waals surface area contributed by atoms with Crippen LogP contribution in [0.2, 0.25) is 0 Å². The first-order valence-electron chi connectivity index (χ1n) is 8.67. The molecule has 4 aliphatic rings. The van der Waals surface area contributed by atoms with E-state index in [1.165, 1.54) is 38.5 Å². The van der Waals surface area contributed by atoms with E-state index >= 15 is 0 Å². The van der Waals surface area contributed by atoms with Crippen molar-refractivity contribution in [3.05, 3.63) is 27.8 Å². The highest BCUT2D eigenvalue weighted by Gasteiger charge is 2.60. The largest absolute Gasteiger partial charge is 0.351 e. The lowest BCUT2D eigenvalue weighted by molar-refractivity contribution is -0.111. The van der Waals surface area contributed by atoms with Gasteiger partial charge in [0.2, 0.25) is 0 Å². The zero-order chi connectivity index (χ0) is 16.3. The van der Waals surface area contributed by atoms with E-state index in [0.717, 1.165) is 15.2 Å². The second-order valence-corrected chi connectivity index (χ2v) is 10.2. The molecule has 4 aliphatic carbocycles. The van der Waals surface area contributed by atoms with Crippen LogP contribution in [0.4, 0.5) is 5.69 Å². The van der Waals surface area contributed by atoms with Crippen molar-refractivity contribution in [3.63, 3.8) is 0 Å². The molecule has 4 bridgehead atoms. The molecule has 0 amide bonds. The van der Waals surface area contributed by atoms with Crippen LogP contribution in [-0.2, 0) is 0 Å². The summed E-state index contributed by atoms with van der Waals surface area (Å²) in [7, 11) is 0. The normalized spacial score (nSPS) is 40.9. The van der Waals surface area contributed by atoms with E-state index in [4.69, 9.17) is 5.41 Å². The van der Waals surface area contributed by atoms with Crippen LogP contribution in [0.3, 0.4) is 0 Å². The molecule has 5 rings (SSSR count). The minimum atomic E-state index is 0.132. The third kappa shape index (κ3) is 2.87. The quantitative estimate of drug-likeness (QED) is 0.357. The Morgan fingerprint density at radius 3 is 2.35 bits per heavy atom. The van der Waals surface area contributed by atoms with Crippen LogP contribution in [0.25, 0.3) is 0 Å². The number of rotatable bonds is 2. The first-order valence-corrected chi connectivity index (χ1v) is 9.75. The Morgan fingerprint density at radius 1 is 1.09 bits per heavy atom. The average molecular weight is 423 g/mol. The topological polar surface area (TPSA) is 47.9 Å². The average Bonchev–Trinajstić information content (AvgIpc) is 2.36. The fourth-order valence-corrected chi connectivity index (χ4v) is 7.10. The molecule has 4 saturated carbocycles. The van der Waals surface area contributed by atoms with E-state index in [1.807, 2.05) is 18.2 Å². The summed E-state index contributed by atoms with van der Waals surface area (Å²) >= 11 is 2.32. The molecule has 2 atom stereocenters. The summed E-state index contributed by atoms with van der Waals surface area (Å²) < 4.78 is 1.15. The molecule has 4 heteroatoms. The highest BCUT2D eigenvalue weighted by atomic mass is 127. The molecular weight excluding hydrogens is 397 g/mol. The molecule has 0 spiro atoms. The molecule has 3 nitrogen and oxygen atoms in total. The van der Waals surface area contributed by atoms with Gasteiger partial charge in [0.25, 0.3) is 0 Å². The Kier molecular flexibility index (Phi) is 3.49. The van der Waals surface area contributed by atoms with Crippen LogP contribution in [-0.4, -0.2) is 11.5 Å². The summed E-state index contributed by atoms with van der Waals surface area (Å²) in [6, 6.07) is 8.17.